The van der Waals surface area contributed by atoms with Gasteiger partial charge >= 0.3 is 0 Å². The fourth-order valence-electron chi connectivity index (χ4n) is 2.88. The summed E-state index contributed by atoms with van der Waals surface area (Å²) in [5, 5.41) is 0. The average Bonchev–Trinajstić information content (AvgIpc) is 3.01. The number of carbonyl (C=O) groups is 1. The minimum atomic E-state index is -3.65. The Bertz CT molecular complexity index is 857. The van der Waals surface area contributed by atoms with E-state index in [1.165, 1.54) is 12.1 Å². The summed E-state index contributed by atoms with van der Waals surface area (Å²) in [5.74, 6) is 0.477. The molecule has 1 aliphatic rings. The van der Waals surface area contributed by atoms with Crippen molar-refractivity contribution in [3.63, 3.8) is 0 Å². The number of sulfonamides is 1. The SMILES string of the molecule is CC(C)c1ccc(NS(=O)(=O)c2ccc(N3CCCC3=O)cc2)cc1. The van der Waals surface area contributed by atoms with E-state index in [0.29, 0.717) is 24.6 Å². The van der Waals surface area contributed by atoms with Crippen LogP contribution < -0.4 is 9.62 Å². The summed E-state index contributed by atoms with van der Waals surface area (Å²) in [6.45, 7) is 4.86. The number of anilines is 2. The van der Waals surface area contributed by atoms with Crippen LogP contribution in [-0.2, 0) is 14.8 Å². The third kappa shape index (κ3) is 3.85. The Morgan fingerprint density at radius 1 is 1.00 bits per heavy atom. The number of amides is 1. The molecule has 2 aromatic carbocycles. The van der Waals surface area contributed by atoms with Gasteiger partial charge in [0.25, 0.3) is 10.0 Å². The maximum Gasteiger partial charge on any atom is 0.261 e. The summed E-state index contributed by atoms with van der Waals surface area (Å²) in [5.41, 5.74) is 2.42. The Labute approximate surface area is 148 Å². The molecule has 0 radical (unpaired) electrons. The van der Waals surface area contributed by atoms with E-state index >= 15 is 0 Å². The van der Waals surface area contributed by atoms with Crippen LogP contribution in [0.4, 0.5) is 11.4 Å². The molecule has 0 spiro atoms. The van der Waals surface area contributed by atoms with Crippen molar-refractivity contribution in [3.05, 3.63) is 54.1 Å². The number of hydrogen-bond donors (Lipinski definition) is 1. The summed E-state index contributed by atoms with van der Waals surface area (Å²) in [7, 11) is -3.65. The van der Waals surface area contributed by atoms with Gasteiger partial charge in [0, 0.05) is 24.3 Å². The Kier molecular flexibility index (Phi) is 4.81. The number of nitrogens with zero attached hydrogens (tertiary/aromatic N) is 1. The van der Waals surface area contributed by atoms with Crippen LogP contribution in [0.25, 0.3) is 0 Å². The quantitative estimate of drug-likeness (QED) is 0.885. The minimum Gasteiger partial charge on any atom is -0.312 e. The highest BCUT2D eigenvalue weighted by molar-refractivity contribution is 7.92. The van der Waals surface area contributed by atoms with Crippen LogP contribution in [0.2, 0.25) is 0 Å². The smallest absolute Gasteiger partial charge is 0.261 e. The molecular formula is C19H22N2O3S. The van der Waals surface area contributed by atoms with E-state index in [1.807, 2.05) is 12.1 Å². The van der Waals surface area contributed by atoms with Crippen LogP contribution in [0.1, 0.15) is 38.2 Å². The molecule has 0 saturated carbocycles. The molecule has 1 N–H and O–H groups in total. The third-order valence-electron chi connectivity index (χ3n) is 4.36. The molecule has 1 amide bonds. The van der Waals surface area contributed by atoms with Gasteiger partial charge in [0.05, 0.1) is 4.90 Å². The van der Waals surface area contributed by atoms with Gasteiger partial charge in [-0.2, -0.15) is 0 Å². The van der Waals surface area contributed by atoms with Gasteiger partial charge in [0.15, 0.2) is 0 Å². The van der Waals surface area contributed by atoms with E-state index in [9.17, 15) is 13.2 Å². The first-order chi connectivity index (χ1) is 11.9. The molecule has 1 saturated heterocycles. The highest BCUT2D eigenvalue weighted by Crippen LogP contribution is 2.24. The van der Waals surface area contributed by atoms with Gasteiger partial charge in [0.2, 0.25) is 5.91 Å². The largest absolute Gasteiger partial charge is 0.312 e. The van der Waals surface area contributed by atoms with Gasteiger partial charge in [-0.15, -0.1) is 0 Å². The molecule has 3 rings (SSSR count). The predicted octanol–water partition coefficient (Wildman–Crippen LogP) is 3.74. The fourth-order valence-corrected chi connectivity index (χ4v) is 3.94. The number of benzene rings is 2. The van der Waals surface area contributed by atoms with E-state index < -0.39 is 10.0 Å². The highest BCUT2D eigenvalue weighted by Gasteiger charge is 2.22. The van der Waals surface area contributed by atoms with Crippen LogP contribution in [0.3, 0.4) is 0 Å². The zero-order valence-corrected chi connectivity index (χ0v) is 15.2. The van der Waals surface area contributed by atoms with Crippen molar-refractivity contribution in [2.24, 2.45) is 0 Å². The van der Waals surface area contributed by atoms with Crippen molar-refractivity contribution < 1.29 is 13.2 Å². The van der Waals surface area contributed by atoms with E-state index in [4.69, 9.17) is 0 Å². The molecular weight excluding hydrogens is 336 g/mol. The first kappa shape index (κ1) is 17.5. The van der Waals surface area contributed by atoms with Gasteiger partial charge in [-0.1, -0.05) is 26.0 Å². The molecule has 1 fully saturated rings. The van der Waals surface area contributed by atoms with Gasteiger partial charge < -0.3 is 4.90 Å². The van der Waals surface area contributed by atoms with E-state index in [-0.39, 0.29) is 10.8 Å². The number of nitrogens with one attached hydrogen (secondary N) is 1. The predicted molar refractivity (Wildman–Crippen MR) is 99.4 cm³/mol. The van der Waals surface area contributed by atoms with Gasteiger partial charge in [-0.25, -0.2) is 8.42 Å². The maximum atomic E-state index is 12.5. The zero-order valence-electron chi connectivity index (χ0n) is 14.4. The minimum absolute atomic E-state index is 0.0824. The molecule has 0 unspecified atom stereocenters. The van der Waals surface area contributed by atoms with Gasteiger partial charge in [-0.05, 0) is 54.3 Å². The van der Waals surface area contributed by atoms with E-state index in [0.717, 1.165) is 17.7 Å². The Morgan fingerprint density at radius 3 is 2.16 bits per heavy atom. The molecule has 1 heterocycles. The average molecular weight is 358 g/mol. The van der Waals surface area contributed by atoms with Crippen molar-refractivity contribution in [1.29, 1.82) is 0 Å². The first-order valence-corrected chi connectivity index (χ1v) is 9.88. The topological polar surface area (TPSA) is 66.5 Å². The summed E-state index contributed by atoms with van der Waals surface area (Å²) in [4.78, 5) is 13.6. The van der Waals surface area contributed by atoms with Crippen LogP contribution in [0.15, 0.2) is 53.4 Å². The molecule has 2 aromatic rings. The number of carbonyl (C=O) groups excluding carboxylic acids is 1. The molecule has 0 bridgehead atoms. The number of hydrogen-bond acceptors (Lipinski definition) is 3. The monoisotopic (exact) mass is 358 g/mol. The Hall–Kier alpha value is -2.34. The lowest BCUT2D eigenvalue weighted by Gasteiger charge is -2.16. The second-order valence-electron chi connectivity index (χ2n) is 6.53. The Morgan fingerprint density at radius 2 is 1.64 bits per heavy atom. The normalized spacial score (nSPS) is 15.0. The summed E-state index contributed by atoms with van der Waals surface area (Å²) in [6, 6.07) is 13.8. The molecule has 1 aliphatic heterocycles. The summed E-state index contributed by atoms with van der Waals surface area (Å²) < 4.78 is 27.6. The molecule has 132 valence electrons. The zero-order chi connectivity index (χ0) is 18.0. The van der Waals surface area contributed by atoms with E-state index in [1.54, 1.807) is 29.2 Å². The Balaban J connectivity index is 1.76. The molecule has 6 heteroatoms. The standard InChI is InChI=1S/C19H22N2O3S/c1-14(2)15-5-7-16(8-6-15)20-25(23,24)18-11-9-17(10-12-18)21-13-3-4-19(21)22/h5-12,14,20H,3-4,13H2,1-2H3. The van der Waals surface area contributed by atoms with Gasteiger partial charge in [-0.3, -0.25) is 9.52 Å². The second kappa shape index (κ2) is 6.88. The lowest BCUT2D eigenvalue weighted by atomic mass is 10.0. The highest BCUT2D eigenvalue weighted by atomic mass is 32.2. The number of rotatable bonds is 5. The van der Waals surface area contributed by atoms with Crippen molar-refractivity contribution in [2.45, 2.75) is 37.5 Å². The second-order valence-corrected chi connectivity index (χ2v) is 8.21. The maximum absolute atomic E-state index is 12.5. The first-order valence-electron chi connectivity index (χ1n) is 8.40. The van der Waals surface area contributed by atoms with Crippen LogP contribution in [-0.4, -0.2) is 20.9 Å². The van der Waals surface area contributed by atoms with Crippen molar-refractivity contribution >= 4 is 27.3 Å². The third-order valence-corrected chi connectivity index (χ3v) is 5.76. The van der Waals surface area contributed by atoms with E-state index in [2.05, 4.69) is 18.6 Å². The molecule has 5 nitrogen and oxygen atoms in total. The molecule has 0 atom stereocenters. The van der Waals surface area contributed by atoms with Gasteiger partial charge in [0.1, 0.15) is 0 Å². The molecule has 0 aromatic heterocycles. The fraction of sp³-hybridized carbons (Fsp3) is 0.316. The lowest BCUT2D eigenvalue weighted by Crippen LogP contribution is -2.23. The van der Waals surface area contributed by atoms with Crippen molar-refractivity contribution in [1.82, 2.24) is 0 Å². The van der Waals surface area contributed by atoms with Crippen LogP contribution in [0, 0.1) is 0 Å². The lowest BCUT2D eigenvalue weighted by molar-refractivity contribution is -0.117. The van der Waals surface area contributed by atoms with Crippen molar-refractivity contribution in [2.75, 3.05) is 16.2 Å². The van der Waals surface area contributed by atoms with Crippen molar-refractivity contribution in [3.8, 4) is 0 Å². The van der Waals surface area contributed by atoms with Crippen LogP contribution >= 0.6 is 0 Å². The molecule has 0 aliphatic carbocycles. The van der Waals surface area contributed by atoms with Crippen LogP contribution in [0.5, 0.6) is 0 Å². The summed E-state index contributed by atoms with van der Waals surface area (Å²) in [6.07, 6.45) is 1.39. The molecule has 25 heavy (non-hydrogen) atoms. The summed E-state index contributed by atoms with van der Waals surface area (Å²) >= 11 is 0.